The fourth-order valence-electron chi connectivity index (χ4n) is 1.59. The van der Waals surface area contributed by atoms with Gasteiger partial charge in [-0.05, 0) is 25.0 Å². The molecule has 0 saturated carbocycles. The molecule has 19 heavy (non-hydrogen) atoms. The molecule has 100 valence electrons. The van der Waals surface area contributed by atoms with Gasteiger partial charge in [-0.25, -0.2) is 9.67 Å². The van der Waals surface area contributed by atoms with Crippen LogP contribution < -0.4 is 10.9 Å². The first-order valence-corrected chi connectivity index (χ1v) is 7.13. The van der Waals surface area contributed by atoms with Crippen molar-refractivity contribution in [2.45, 2.75) is 19.7 Å². The summed E-state index contributed by atoms with van der Waals surface area (Å²) in [4.78, 5) is 3.88. The van der Waals surface area contributed by atoms with E-state index in [0.29, 0.717) is 10.2 Å². The Bertz CT molecular complexity index is 533. The minimum absolute atomic E-state index is 0.639. The van der Waals surface area contributed by atoms with Crippen LogP contribution in [0.25, 0.3) is 0 Å². The molecule has 0 spiro atoms. The van der Waals surface area contributed by atoms with Crippen molar-refractivity contribution in [3.05, 3.63) is 42.0 Å². The van der Waals surface area contributed by atoms with Gasteiger partial charge in [0.15, 0.2) is 4.32 Å². The minimum Gasteiger partial charge on any atom is -0.299 e. The summed E-state index contributed by atoms with van der Waals surface area (Å²) in [7, 11) is 0. The summed E-state index contributed by atoms with van der Waals surface area (Å²) >= 11 is 6.72. The Morgan fingerprint density at radius 2 is 2.11 bits per heavy atom. The molecule has 0 fully saturated rings. The molecule has 0 aliphatic heterocycles. The zero-order valence-electron chi connectivity index (χ0n) is 10.8. The van der Waals surface area contributed by atoms with Gasteiger partial charge in [-0.15, -0.1) is 0 Å². The molecule has 0 unspecified atom stereocenters. The molecule has 7 heteroatoms. The zero-order valence-corrected chi connectivity index (χ0v) is 12.4. The van der Waals surface area contributed by atoms with Crippen LogP contribution >= 0.6 is 24.0 Å². The van der Waals surface area contributed by atoms with E-state index in [9.17, 15) is 0 Å². The first-order chi connectivity index (χ1) is 9.16. The largest absolute Gasteiger partial charge is 0.299 e. The van der Waals surface area contributed by atoms with Gasteiger partial charge in [0.25, 0.3) is 0 Å². The van der Waals surface area contributed by atoms with E-state index < -0.39 is 0 Å². The fourth-order valence-corrected chi connectivity index (χ4v) is 2.30. The Morgan fingerprint density at radius 1 is 1.37 bits per heavy atom. The third-order valence-electron chi connectivity index (χ3n) is 2.57. The molecule has 5 nitrogen and oxygen atoms in total. The summed E-state index contributed by atoms with van der Waals surface area (Å²) in [5, 5.41) is 4.01. The maximum atomic E-state index is 5.24. The van der Waals surface area contributed by atoms with E-state index in [4.69, 9.17) is 12.2 Å². The Balaban J connectivity index is 1.83. The summed E-state index contributed by atoms with van der Waals surface area (Å²) in [6, 6.07) is 6.15. The van der Waals surface area contributed by atoms with E-state index in [2.05, 4.69) is 46.9 Å². The predicted molar refractivity (Wildman–Crippen MR) is 82.9 cm³/mol. The second kappa shape index (κ2) is 6.53. The summed E-state index contributed by atoms with van der Waals surface area (Å²) in [6.45, 7) is 4.12. The van der Waals surface area contributed by atoms with E-state index in [1.54, 1.807) is 11.0 Å². The highest BCUT2D eigenvalue weighted by molar-refractivity contribution is 8.22. The van der Waals surface area contributed by atoms with Crippen LogP contribution in [0.4, 0.5) is 5.69 Å². The zero-order chi connectivity index (χ0) is 13.7. The lowest BCUT2D eigenvalue weighted by Gasteiger charge is -2.14. The van der Waals surface area contributed by atoms with E-state index in [1.807, 2.05) is 6.07 Å². The van der Waals surface area contributed by atoms with Crippen molar-refractivity contribution in [2.75, 3.05) is 5.43 Å². The third kappa shape index (κ3) is 3.93. The fraction of sp³-hybridized carbons (Fsp3) is 0.250. The van der Waals surface area contributed by atoms with Gasteiger partial charge in [0.2, 0.25) is 0 Å². The molecule has 0 radical (unpaired) electrons. The molecule has 0 bridgehead atoms. The van der Waals surface area contributed by atoms with Crippen LogP contribution in [-0.4, -0.2) is 19.1 Å². The van der Waals surface area contributed by atoms with Crippen LogP contribution in [0.3, 0.4) is 0 Å². The molecule has 1 aromatic carbocycles. The van der Waals surface area contributed by atoms with Crippen molar-refractivity contribution in [1.29, 1.82) is 0 Å². The smallest absolute Gasteiger partial charge is 0.154 e. The highest BCUT2D eigenvalue weighted by Crippen LogP contribution is 2.18. The summed E-state index contributed by atoms with van der Waals surface area (Å²) in [5.41, 5.74) is 9.60. The van der Waals surface area contributed by atoms with Crippen LogP contribution in [0, 0.1) is 13.8 Å². The number of anilines is 1. The normalized spacial score (nSPS) is 10.2. The molecule has 0 aliphatic carbocycles. The lowest BCUT2D eigenvalue weighted by Crippen LogP contribution is -2.26. The number of para-hydroxylation sites is 1. The average Bonchev–Trinajstić information content (AvgIpc) is 2.89. The van der Waals surface area contributed by atoms with Crippen molar-refractivity contribution in [3.8, 4) is 0 Å². The number of nitrogens with one attached hydrogen (secondary N) is 2. The monoisotopic (exact) mass is 293 g/mol. The molecule has 1 aromatic heterocycles. The number of benzene rings is 1. The van der Waals surface area contributed by atoms with Crippen LogP contribution in [0.1, 0.15) is 11.1 Å². The lowest BCUT2D eigenvalue weighted by molar-refractivity contribution is 0.751. The topological polar surface area (TPSA) is 54.8 Å². The van der Waals surface area contributed by atoms with Gasteiger partial charge < -0.3 is 0 Å². The standard InChI is InChI=1S/C12H15N5S2/c1-9-4-3-5-10(2)11(9)15-16-12(18)19-8-17-7-13-6-14-17/h3-7,15H,8H2,1-2H3,(H,16,18). The number of hydrogen-bond donors (Lipinski definition) is 2. The third-order valence-corrected chi connectivity index (χ3v) is 3.78. The number of thioether (sulfide) groups is 1. The van der Waals surface area contributed by atoms with Gasteiger partial charge in [-0.1, -0.05) is 42.2 Å². The first kappa shape index (κ1) is 13.8. The molecule has 0 aliphatic rings. The van der Waals surface area contributed by atoms with Crippen molar-refractivity contribution >= 4 is 34.0 Å². The number of hydrazine groups is 1. The van der Waals surface area contributed by atoms with E-state index in [0.717, 1.165) is 5.69 Å². The first-order valence-electron chi connectivity index (χ1n) is 5.74. The van der Waals surface area contributed by atoms with Crippen LogP contribution in [-0.2, 0) is 5.88 Å². The molecule has 2 rings (SSSR count). The van der Waals surface area contributed by atoms with Gasteiger partial charge in [0, 0.05) is 0 Å². The number of thiocarbonyl (C=S) groups is 1. The summed E-state index contributed by atoms with van der Waals surface area (Å²) in [5.74, 6) is 0.639. The van der Waals surface area contributed by atoms with Crippen molar-refractivity contribution in [1.82, 2.24) is 20.2 Å². The molecule has 2 N–H and O–H groups in total. The Morgan fingerprint density at radius 3 is 2.74 bits per heavy atom. The molecular formula is C12H15N5S2. The Kier molecular flexibility index (Phi) is 4.75. The molecule has 1 heterocycles. The van der Waals surface area contributed by atoms with Crippen LogP contribution in [0.15, 0.2) is 30.9 Å². The Hall–Kier alpha value is -1.60. The number of aromatic nitrogens is 3. The van der Waals surface area contributed by atoms with E-state index >= 15 is 0 Å². The average molecular weight is 293 g/mol. The summed E-state index contributed by atoms with van der Waals surface area (Å²) in [6.07, 6.45) is 3.17. The SMILES string of the molecule is Cc1cccc(C)c1NNC(=S)SCn1cncn1. The second-order valence-electron chi connectivity index (χ2n) is 4.01. The highest BCUT2D eigenvalue weighted by atomic mass is 32.2. The minimum atomic E-state index is 0.639. The van der Waals surface area contributed by atoms with E-state index in [-0.39, 0.29) is 0 Å². The molecular weight excluding hydrogens is 278 g/mol. The highest BCUT2D eigenvalue weighted by Gasteiger charge is 2.03. The summed E-state index contributed by atoms with van der Waals surface area (Å²) < 4.78 is 2.38. The quantitative estimate of drug-likeness (QED) is 0.667. The molecule has 2 aromatic rings. The maximum Gasteiger partial charge on any atom is 0.154 e. The van der Waals surface area contributed by atoms with Gasteiger partial charge >= 0.3 is 0 Å². The lowest BCUT2D eigenvalue weighted by atomic mass is 10.1. The van der Waals surface area contributed by atoms with Crippen molar-refractivity contribution in [2.24, 2.45) is 0 Å². The molecule has 0 saturated heterocycles. The number of hydrogen-bond acceptors (Lipinski definition) is 5. The predicted octanol–water partition coefficient (Wildman–Crippen LogP) is 2.49. The van der Waals surface area contributed by atoms with E-state index in [1.165, 1.54) is 29.2 Å². The van der Waals surface area contributed by atoms with Crippen molar-refractivity contribution in [3.63, 3.8) is 0 Å². The van der Waals surface area contributed by atoms with Gasteiger partial charge in [0.1, 0.15) is 12.7 Å². The van der Waals surface area contributed by atoms with Gasteiger partial charge in [0.05, 0.1) is 11.6 Å². The van der Waals surface area contributed by atoms with Crippen LogP contribution in [0.2, 0.25) is 0 Å². The molecule has 0 atom stereocenters. The Labute approximate surface area is 121 Å². The van der Waals surface area contributed by atoms with Crippen molar-refractivity contribution < 1.29 is 0 Å². The maximum absolute atomic E-state index is 5.24. The molecule has 0 amide bonds. The number of nitrogens with zero attached hydrogens (tertiary/aromatic N) is 3. The number of aryl methyl sites for hydroxylation is 2. The second-order valence-corrected chi connectivity index (χ2v) is 5.63. The van der Waals surface area contributed by atoms with Crippen LogP contribution in [0.5, 0.6) is 0 Å². The van der Waals surface area contributed by atoms with Gasteiger partial charge in [-0.3, -0.25) is 10.9 Å². The number of rotatable bonds is 4. The van der Waals surface area contributed by atoms with Gasteiger partial charge in [-0.2, -0.15) is 5.10 Å².